The number of nitrogens with zero attached hydrogens (tertiary/aromatic N) is 4. The van der Waals surface area contributed by atoms with E-state index in [4.69, 9.17) is 0 Å². The van der Waals surface area contributed by atoms with Crippen LogP contribution in [0.2, 0.25) is 0 Å². The maximum Gasteiger partial charge on any atom is 0.223 e. The summed E-state index contributed by atoms with van der Waals surface area (Å²) in [5.74, 6) is 0.144. The molecule has 1 N–H and O–H groups in total. The van der Waals surface area contributed by atoms with Crippen LogP contribution in [-0.4, -0.2) is 37.2 Å². The summed E-state index contributed by atoms with van der Waals surface area (Å²) in [5.41, 5.74) is 2.65. The maximum absolute atomic E-state index is 12.6. The molecule has 1 aliphatic heterocycles. The molecule has 4 rings (SSSR count). The van der Waals surface area contributed by atoms with Crippen LogP contribution in [0.15, 0.2) is 30.3 Å². The third kappa shape index (κ3) is 3.29. The first-order valence-electron chi connectivity index (χ1n) is 8.47. The van der Waals surface area contributed by atoms with Crippen molar-refractivity contribution in [1.29, 1.82) is 0 Å². The lowest BCUT2D eigenvalue weighted by atomic mass is 10.2. The van der Waals surface area contributed by atoms with Crippen molar-refractivity contribution < 1.29 is 9.90 Å². The molecule has 6 nitrogen and oxygen atoms in total. The van der Waals surface area contributed by atoms with Crippen molar-refractivity contribution in [2.75, 3.05) is 6.54 Å². The van der Waals surface area contributed by atoms with Gasteiger partial charge in [-0.2, -0.15) is 5.10 Å². The number of hydrogen-bond acceptors (Lipinski definition) is 5. The Hall–Kier alpha value is -2.25. The number of aryl methyl sites for hydroxylation is 1. The average Bonchev–Trinajstić information content (AvgIpc) is 3.22. The monoisotopic (exact) mass is 356 g/mol. The maximum atomic E-state index is 12.6. The smallest absolute Gasteiger partial charge is 0.223 e. The summed E-state index contributed by atoms with van der Waals surface area (Å²) in [6.45, 7) is 3.59. The Balaban J connectivity index is 1.39. The summed E-state index contributed by atoms with van der Waals surface area (Å²) in [5, 5.41) is 15.0. The van der Waals surface area contributed by atoms with Gasteiger partial charge in [0.15, 0.2) is 0 Å². The van der Waals surface area contributed by atoms with Gasteiger partial charge in [-0.1, -0.05) is 12.1 Å². The molecule has 0 saturated heterocycles. The third-order valence-corrected chi connectivity index (χ3v) is 5.58. The van der Waals surface area contributed by atoms with Crippen LogP contribution in [0.25, 0.3) is 10.2 Å². The first kappa shape index (κ1) is 16.2. The fourth-order valence-electron chi connectivity index (χ4n) is 3.10. The number of aliphatic hydroxyl groups is 1. The van der Waals surface area contributed by atoms with Crippen LogP contribution in [0.4, 0.5) is 0 Å². The van der Waals surface area contributed by atoms with E-state index in [0.717, 1.165) is 20.9 Å². The number of aromatic nitrogens is 3. The molecule has 3 aromatic rings. The summed E-state index contributed by atoms with van der Waals surface area (Å²) in [4.78, 5) is 19.0. The van der Waals surface area contributed by atoms with Gasteiger partial charge < -0.3 is 10.0 Å². The number of fused-ring (bicyclic) bond motifs is 2. The Morgan fingerprint density at radius 1 is 1.36 bits per heavy atom. The van der Waals surface area contributed by atoms with Crippen molar-refractivity contribution in [2.24, 2.45) is 0 Å². The fourth-order valence-corrected chi connectivity index (χ4v) is 4.07. The zero-order chi connectivity index (χ0) is 17.4. The van der Waals surface area contributed by atoms with E-state index in [-0.39, 0.29) is 5.91 Å². The van der Waals surface area contributed by atoms with Crippen molar-refractivity contribution in [2.45, 2.75) is 39.0 Å². The standard InChI is InChI=1S/C18H20N4O2S/c1-12(23)15-10-13-11-21(8-9-22(13)20-15)18(24)7-6-17-19-14-4-2-3-5-16(14)25-17/h2-5,10,12,23H,6-9,11H2,1H3/t12-/m0/s1. The number of carbonyl (C=O) groups is 1. The first-order valence-corrected chi connectivity index (χ1v) is 9.29. The zero-order valence-electron chi connectivity index (χ0n) is 14.1. The van der Waals surface area contributed by atoms with E-state index in [9.17, 15) is 9.90 Å². The third-order valence-electron chi connectivity index (χ3n) is 4.49. The van der Waals surface area contributed by atoms with Gasteiger partial charge in [0, 0.05) is 19.4 Å². The van der Waals surface area contributed by atoms with E-state index in [2.05, 4.69) is 16.1 Å². The van der Waals surface area contributed by atoms with E-state index >= 15 is 0 Å². The molecule has 0 saturated carbocycles. The van der Waals surface area contributed by atoms with E-state index < -0.39 is 6.10 Å². The Morgan fingerprint density at radius 3 is 3.00 bits per heavy atom. The number of thiazole rings is 1. The molecule has 130 valence electrons. The van der Waals surface area contributed by atoms with Gasteiger partial charge in [-0.15, -0.1) is 11.3 Å². The highest BCUT2D eigenvalue weighted by atomic mass is 32.1. The van der Waals surface area contributed by atoms with Crippen molar-refractivity contribution in [3.05, 3.63) is 46.7 Å². The lowest BCUT2D eigenvalue weighted by molar-refractivity contribution is -0.132. The van der Waals surface area contributed by atoms with Crippen LogP contribution in [0.5, 0.6) is 0 Å². The van der Waals surface area contributed by atoms with Crippen LogP contribution in [0.1, 0.15) is 35.8 Å². The van der Waals surface area contributed by atoms with Gasteiger partial charge in [-0.05, 0) is 25.1 Å². The minimum absolute atomic E-state index is 0.144. The highest BCUT2D eigenvalue weighted by Crippen LogP contribution is 2.23. The van der Waals surface area contributed by atoms with Gasteiger partial charge in [0.1, 0.15) is 0 Å². The average molecular weight is 356 g/mol. The second-order valence-corrected chi connectivity index (χ2v) is 7.47. The number of rotatable bonds is 4. The number of aliphatic hydroxyl groups excluding tert-OH is 1. The van der Waals surface area contributed by atoms with Crippen LogP contribution in [0, 0.1) is 0 Å². The molecule has 25 heavy (non-hydrogen) atoms. The molecule has 0 unspecified atom stereocenters. The summed E-state index contributed by atoms with van der Waals surface area (Å²) in [7, 11) is 0. The topological polar surface area (TPSA) is 71.2 Å². The minimum Gasteiger partial charge on any atom is -0.387 e. The summed E-state index contributed by atoms with van der Waals surface area (Å²) >= 11 is 1.66. The summed E-state index contributed by atoms with van der Waals surface area (Å²) in [6, 6.07) is 9.94. The Labute approximate surface area is 149 Å². The lowest BCUT2D eigenvalue weighted by Crippen LogP contribution is -2.38. The van der Waals surface area contributed by atoms with E-state index in [1.165, 1.54) is 0 Å². The van der Waals surface area contributed by atoms with Crippen LogP contribution < -0.4 is 0 Å². The fraction of sp³-hybridized carbons (Fsp3) is 0.389. The molecule has 3 heterocycles. The van der Waals surface area contributed by atoms with Crippen molar-refractivity contribution in [3.8, 4) is 0 Å². The SMILES string of the molecule is C[C@H](O)c1cc2n(n1)CCN(C(=O)CCc1nc3ccccc3s1)C2. The number of amides is 1. The highest BCUT2D eigenvalue weighted by Gasteiger charge is 2.23. The Bertz CT molecular complexity index is 882. The van der Waals surface area contributed by atoms with E-state index in [0.29, 0.717) is 38.2 Å². The first-order chi connectivity index (χ1) is 12.1. The van der Waals surface area contributed by atoms with Gasteiger partial charge in [0.25, 0.3) is 0 Å². The molecule has 1 atom stereocenters. The molecule has 7 heteroatoms. The predicted molar refractivity (Wildman–Crippen MR) is 96.2 cm³/mol. The Morgan fingerprint density at radius 2 is 2.20 bits per heavy atom. The molecular formula is C18H20N4O2S. The molecule has 1 aromatic carbocycles. The largest absolute Gasteiger partial charge is 0.387 e. The molecular weight excluding hydrogens is 336 g/mol. The van der Waals surface area contributed by atoms with Gasteiger partial charge in [-0.25, -0.2) is 4.98 Å². The number of hydrogen-bond donors (Lipinski definition) is 1. The van der Waals surface area contributed by atoms with Crippen LogP contribution in [0.3, 0.4) is 0 Å². The minimum atomic E-state index is -0.582. The molecule has 0 radical (unpaired) electrons. The second kappa shape index (κ2) is 6.57. The summed E-state index contributed by atoms with van der Waals surface area (Å²) in [6.07, 6.45) is 0.561. The molecule has 0 aliphatic carbocycles. The number of benzene rings is 1. The predicted octanol–water partition coefficient (Wildman–Crippen LogP) is 2.52. The normalized spacial score (nSPS) is 15.4. The zero-order valence-corrected chi connectivity index (χ0v) is 14.9. The lowest BCUT2D eigenvalue weighted by Gasteiger charge is -2.27. The molecule has 0 fully saturated rings. The van der Waals surface area contributed by atoms with Crippen LogP contribution >= 0.6 is 11.3 Å². The van der Waals surface area contributed by atoms with Crippen molar-refractivity contribution >= 4 is 27.5 Å². The van der Waals surface area contributed by atoms with Gasteiger partial charge >= 0.3 is 0 Å². The van der Waals surface area contributed by atoms with Gasteiger partial charge in [0.05, 0.1) is 45.8 Å². The number of para-hydroxylation sites is 1. The molecule has 0 spiro atoms. The molecule has 1 amide bonds. The number of carbonyl (C=O) groups excluding carboxylic acids is 1. The molecule has 2 aromatic heterocycles. The van der Waals surface area contributed by atoms with Gasteiger partial charge in [0.2, 0.25) is 5.91 Å². The van der Waals surface area contributed by atoms with E-state index in [1.54, 1.807) is 18.3 Å². The highest BCUT2D eigenvalue weighted by molar-refractivity contribution is 7.18. The molecule has 1 aliphatic rings. The Kier molecular flexibility index (Phi) is 4.27. The quantitative estimate of drug-likeness (QED) is 0.780. The van der Waals surface area contributed by atoms with Gasteiger partial charge in [-0.3, -0.25) is 9.48 Å². The molecule has 0 bridgehead atoms. The summed E-state index contributed by atoms with van der Waals surface area (Å²) < 4.78 is 3.05. The van der Waals surface area contributed by atoms with E-state index in [1.807, 2.05) is 33.8 Å². The van der Waals surface area contributed by atoms with Crippen LogP contribution in [-0.2, 0) is 24.3 Å². The second-order valence-electron chi connectivity index (χ2n) is 6.35. The van der Waals surface area contributed by atoms with Crippen molar-refractivity contribution in [3.63, 3.8) is 0 Å². The van der Waals surface area contributed by atoms with Crippen molar-refractivity contribution in [1.82, 2.24) is 19.7 Å².